The summed E-state index contributed by atoms with van der Waals surface area (Å²) in [7, 11) is 1.57. The summed E-state index contributed by atoms with van der Waals surface area (Å²) in [6.45, 7) is 1.67. The number of hydrogen-bond acceptors (Lipinski definition) is 3. The number of terminal acetylenes is 1. The van der Waals surface area contributed by atoms with E-state index in [4.69, 9.17) is 16.3 Å². The van der Waals surface area contributed by atoms with Crippen LogP contribution in [0.4, 0.5) is 0 Å². The lowest BCUT2D eigenvalue weighted by atomic mass is 10.3. The van der Waals surface area contributed by atoms with Gasteiger partial charge in [-0.05, 0) is 13.0 Å². The minimum Gasteiger partial charge on any atom is -0.391 e. The van der Waals surface area contributed by atoms with Gasteiger partial charge in [-0.3, -0.25) is 0 Å². The van der Waals surface area contributed by atoms with E-state index in [2.05, 4.69) is 11.2 Å². The molecule has 3 nitrogen and oxygen atoms in total. The number of hydrogen-bond donors (Lipinski definition) is 2. The van der Waals surface area contributed by atoms with Crippen LogP contribution in [0.2, 0.25) is 0 Å². The number of nitrogens with one attached hydrogen (secondary N) is 1. The molecule has 2 N–H and O–H groups in total. The third-order valence-corrected chi connectivity index (χ3v) is 1.24. The Morgan fingerprint density at radius 3 is 3.00 bits per heavy atom. The molecule has 0 aromatic heterocycles. The van der Waals surface area contributed by atoms with Crippen LogP contribution in [0.25, 0.3) is 0 Å². The first-order chi connectivity index (χ1) is 5.31. The van der Waals surface area contributed by atoms with E-state index in [1.165, 1.54) is 0 Å². The van der Waals surface area contributed by atoms with E-state index in [-0.39, 0.29) is 6.10 Å². The van der Waals surface area contributed by atoms with Crippen molar-refractivity contribution >= 4 is 0 Å². The van der Waals surface area contributed by atoms with Crippen LogP contribution in [0, 0.1) is 12.3 Å². The van der Waals surface area contributed by atoms with Crippen molar-refractivity contribution < 1.29 is 9.84 Å². The molecule has 11 heavy (non-hydrogen) atoms. The van der Waals surface area contributed by atoms with Crippen molar-refractivity contribution in [3.05, 3.63) is 0 Å². The molecule has 0 bridgehead atoms. The Labute approximate surface area is 67.8 Å². The number of aliphatic hydroxyl groups is 1. The van der Waals surface area contributed by atoms with E-state index >= 15 is 0 Å². The van der Waals surface area contributed by atoms with Crippen LogP contribution in [0.3, 0.4) is 0 Å². The maximum absolute atomic E-state index is 9.13. The minimum absolute atomic E-state index is 0.384. The van der Waals surface area contributed by atoms with Crippen molar-refractivity contribution in [2.75, 3.05) is 26.8 Å². The van der Waals surface area contributed by atoms with Crippen molar-refractivity contribution in [1.29, 1.82) is 0 Å². The molecule has 0 saturated heterocycles. The molecule has 0 fully saturated rings. The Morgan fingerprint density at radius 1 is 1.73 bits per heavy atom. The molecule has 0 heterocycles. The van der Waals surface area contributed by atoms with Crippen LogP contribution < -0.4 is 5.32 Å². The van der Waals surface area contributed by atoms with E-state index in [9.17, 15) is 0 Å². The molecule has 0 aliphatic heterocycles. The van der Waals surface area contributed by atoms with E-state index < -0.39 is 0 Å². The molecule has 1 unspecified atom stereocenters. The van der Waals surface area contributed by atoms with Crippen molar-refractivity contribution in [1.82, 2.24) is 5.32 Å². The van der Waals surface area contributed by atoms with Crippen LogP contribution in [0.5, 0.6) is 0 Å². The van der Waals surface area contributed by atoms with Crippen molar-refractivity contribution in [2.45, 2.75) is 12.5 Å². The van der Waals surface area contributed by atoms with Crippen LogP contribution in [0.15, 0.2) is 0 Å². The largest absolute Gasteiger partial charge is 0.391 e. The van der Waals surface area contributed by atoms with Crippen LogP contribution in [0.1, 0.15) is 6.42 Å². The molecule has 64 valence electrons. The zero-order valence-corrected chi connectivity index (χ0v) is 6.84. The average Bonchev–Trinajstić information content (AvgIpc) is 1.99. The molecule has 0 radical (unpaired) electrons. The monoisotopic (exact) mass is 157 g/mol. The highest BCUT2D eigenvalue weighted by molar-refractivity contribution is 4.86. The Balaban J connectivity index is 3.05. The van der Waals surface area contributed by atoms with Gasteiger partial charge in [-0.2, -0.15) is 0 Å². The zero-order chi connectivity index (χ0) is 8.53. The fourth-order valence-electron chi connectivity index (χ4n) is 0.705. The van der Waals surface area contributed by atoms with E-state index in [0.29, 0.717) is 19.6 Å². The van der Waals surface area contributed by atoms with Gasteiger partial charge in [-0.25, -0.2) is 0 Å². The lowest BCUT2D eigenvalue weighted by Crippen LogP contribution is -2.23. The quantitative estimate of drug-likeness (QED) is 0.407. The predicted molar refractivity (Wildman–Crippen MR) is 44.2 cm³/mol. The first-order valence-electron chi connectivity index (χ1n) is 3.62. The van der Waals surface area contributed by atoms with Gasteiger partial charge in [0.2, 0.25) is 0 Å². The molecule has 0 aliphatic rings. The molecule has 3 heteroatoms. The van der Waals surface area contributed by atoms with Gasteiger partial charge >= 0.3 is 0 Å². The lowest BCUT2D eigenvalue weighted by molar-refractivity contribution is 0.0596. The van der Waals surface area contributed by atoms with Crippen LogP contribution >= 0.6 is 0 Å². The van der Waals surface area contributed by atoms with E-state index in [1.807, 2.05) is 0 Å². The Kier molecular flexibility index (Phi) is 7.16. The topological polar surface area (TPSA) is 41.5 Å². The second-order valence-corrected chi connectivity index (χ2v) is 2.28. The molecule has 0 aliphatic carbocycles. The summed E-state index contributed by atoms with van der Waals surface area (Å²) in [5.74, 6) is 2.45. The zero-order valence-electron chi connectivity index (χ0n) is 6.84. The smallest absolute Gasteiger partial charge is 0.0785 e. The fraction of sp³-hybridized carbons (Fsp3) is 0.750. The standard InChI is InChI=1S/C8H15NO2/c1-3-5-9-6-4-8(10)7-11-2/h1,8-10H,4-7H2,2H3. The number of ether oxygens (including phenoxy) is 1. The van der Waals surface area contributed by atoms with Gasteiger partial charge in [-0.15, -0.1) is 6.42 Å². The number of aliphatic hydroxyl groups excluding tert-OH is 1. The summed E-state index contributed by atoms with van der Waals surface area (Å²) in [6, 6.07) is 0. The molecule has 0 aromatic rings. The molecule has 0 amide bonds. The van der Waals surface area contributed by atoms with E-state index in [0.717, 1.165) is 6.54 Å². The highest BCUT2D eigenvalue weighted by Gasteiger charge is 2.00. The van der Waals surface area contributed by atoms with Gasteiger partial charge in [0.1, 0.15) is 0 Å². The van der Waals surface area contributed by atoms with Gasteiger partial charge in [-0.1, -0.05) is 5.92 Å². The third kappa shape index (κ3) is 7.34. The lowest BCUT2D eigenvalue weighted by Gasteiger charge is -2.08. The highest BCUT2D eigenvalue weighted by Crippen LogP contribution is 1.89. The first-order valence-corrected chi connectivity index (χ1v) is 3.62. The van der Waals surface area contributed by atoms with Crippen molar-refractivity contribution in [3.8, 4) is 12.3 Å². The number of methoxy groups -OCH3 is 1. The molecule has 0 rings (SSSR count). The fourth-order valence-corrected chi connectivity index (χ4v) is 0.705. The molecule has 0 spiro atoms. The maximum atomic E-state index is 9.13. The Bertz CT molecular complexity index is 120. The summed E-state index contributed by atoms with van der Waals surface area (Å²) >= 11 is 0. The minimum atomic E-state index is -0.384. The van der Waals surface area contributed by atoms with Gasteiger partial charge in [0.15, 0.2) is 0 Å². The van der Waals surface area contributed by atoms with Crippen molar-refractivity contribution in [3.63, 3.8) is 0 Å². The first kappa shape index (κ1) is 10.4. The second-order valence-electron chi connectivity index (χ2n) is 2.28. The van der Waals surface area contributed by atoms with Gasteiger partial charge < -0.3 is 15.2 Å². The average molecular weight is 157 g/mol. The third-order valence-electron chi connectivity index (χ3n) is 1.24. The maximum Gasteiger partial charge on any atom is 0.0785 e. The highest BCUT2D eigenvalue weighted by atomic mass is 16.5. The van der Waals surface area contributed by atoms with Crippen LogP contribution in [-0.2, 0) is 4.74 Å². The summed E-state index contributed by atoms with van der Waals surface area (Å²) in [4.78, 5) is 0. The summed E-state index contributed by atoms with van der Waals surface area (Å²) in [6.07, 6.45) is 5.30. The molecule has 0 aromatic carbocycles. The molecular weight excluding hydrogens is 142 g/mol. The normalized spacial score (nSPS) is 12.5. The van der Waals surface area contributed by atoms with E-state index in [1.54, 1.807) is 7.11 Å². The Morgan fingerprint density at radius 2 is 2.45 bits per heavy atom. The van der Waals surface area contributed by atoms with Crippen molar-refractivity contribution in [2.24, 2.45) is 0 Å². The molecule has 0 saturated carbocycles. The van der Waals surface area contributed by atoms with Gasteiger partial charge in [0.05, 0.1) is 19.3 Å². The second kappa shape index (κ2) is 7.55. The SMILES string of the molecule is C#CCNCCC(O)COC. The number of rotatable bonds is 6. The summed E-state index contributed by atoms with van der Waals surface area (Å²) in [5.41, 5.74) is 0. The molecule has 1 atom stereocenters. The summed E-state index contributed by atoms with van der Waals surface area (Å²) < 4.78 is 4.74. The van der Waals surface area contributed by atoms with Crippen LogP contribution in [-0.4, -0.2) is 38.0 Å². The Hall–Kier alpha value is -0.560. The van der Waals surface area contributed by atoms with Gasteiger partial charge in [0.25, 0.3) is 0 Å². The van der Waals surface area contributed by atoms with Gasteiger partial charge in [0, 0.05) is 7.11 Å². The molecular formula is C8H15NO2. The predicted octanol–water partition coefficient (Wildman–Crippen LogP) is -0.393. The summed E-state index contributed by atoms with van der Waals surface area (Å²) in [5, 5.41) is 12.1.